The Bertz CT molecular complexity index is 2920. The quantitative estimate of drug-likeness (QED) is 0.170. The summed E-state index contributed by atoms with van der Waals surface area (Å²) in [5.74, 6) is 2.02. The summed E-state index contributed by atoms with van der Waals surface area (Å²) in [5.41, 5.74) is 6.88. The van der Waals surface area contributed by atoms with Crippen molar-refractivity contribution in [2.75, 3.05) is 0 Å². The largest absolute Gasteiger partial charge is 0.276 e. The Morgan fingerprint density at radius 2 is 1.08 bits per heavy atom. The molecule has 3 heterocycles. The van der Waals surface area contributed by atoms with E-state index in [1.54, 1.807) is 0 Å². The van der Waals surface area contributed by atoms with Gasteiger partial charge in [0.1, 0.15) is 5.69 Å². The van der Waals surface area contributed by atoms with Gasteiger partial charge in [0.25, 0.3) is 0 Å². The smallest absolute Gasteiger partial charge is 0.182 e. The minimum atomic E-state index is 0.00926. The van der Waals surface area contributed by atoms with Crippen LogP contribution in [-0.2, 0) is 0 Å². The van der Waals surface area contributed by atoms with E-state index in [1.807, 2.05) is 66.7 Å². The first-order chi connectivity index (χ1) is 26.1. The van der Waals surface area contributed by atoms with Gasteiger partial charge in [-0.05, 0) is 61.7 Å². The van der Waals surface area contributed by atoms with Gasteiger partial charge in [-0.1, -0.05) is 159 Å². The van der Waals surface area contributed by atoms with Gasteiger partial charge in [-0.15, -0.1) is 0 Å². The molecule has 1 aliphatic rings. The van der Waals surface area contributed by atoms with Crippen molar-refractivity contribution in [3.63, 3.8) is 0 Å². The highest BCUT2D eigenvalue weighted by molar-refractivity contribution is 6.09. The van der Waals surface area contributed by atoms with Crippen molar-refractivity contribution in [2.45, 2.75) is 13.0 Å². The highest BCUT2D eigenvalue weighted by Gasteiger charge is 2.22. The Hall–Kier alpha value is -6.85. The van der Waals surface area contributed by atoms with Gasteiger partial charge in [-0.25, -0.2) is 19.9 Å². The molecule has 0 aliphatic carbocycles. The molecule has 0 N–H and O–H groups in total. The Labute approximate surface area is 306 Å². The molecule has 0 fully saturated rings. The predicted molar refractivity (Wildman–Crippen MR) is 215 cm³/mol. The van der Waals surface area contributed by atoms with Gasteiger partial charge in [-0.2, -0.15) is 0 Å². The summed E-state index contributed by atoms with van der Waals surface area (Å²) in [6.07, 6.45) is 2.37. The van der Waals surface area contributed by atoms with E-state index in [1.165, 1.54) is 32.3 Å². The highest BCUT2D eigenvalue weighted by Crippen LogP contribution is 2.37. The molecular formula is C48H33N5. The van der Waals surface area contributed by atoms with Crippen LogP contribution < -0.4 is 10.6 Å². The minimum absolute atomic E-state index is 0.00926. The van der Waals surface area contributed by atoms with Crippen molar-refractivity contribution in [1.82, 2.24) is 19.9 Å². The minimum Gasteiger partial charge on any atom is -0.276 e. The van der Waals surface area contributed by atoms with E-state index in [9.17, 15) is 0 Å². The number of fused-ring (bicyclic) bond motifs is 5. The average molecular weight is 680 g/mol. The summed E-state index contributed by atoms with van der Waals surface area (Å²) < 4.78 is 0. The third kappa shape index (κ3) is 5.63. The Morgan fingerprint density at radius 1 is 0.453 bits per heavy atom. The standard InChI is InChI=1S/C48H33N5/c1-30-27-38-24-23-37(29-43(38)50-45(30)40-18-10-16-33-21-19-31-11-8-9-17-39(31)44(33)40)36-22-20-32-25-26-41(49-42(32)28-36)48-52-46(34-12-4-2-5-13-34)51-47(53-48)35-14-6-3-7-15-35/h2-30,45H,1H3. The van der Waals surface area contributed by atoms with Crippen LogP contribution >= 0.6 is 0 Å². The fourth-order valence-electron chi connectivity index (χ4n) is 7.65. The van der Waals surface area contributed by atoms with Crippen LogP contribution in [0.25, 0.3) is 83.9 Å². The molecule has 0 bridgehead atoms. The molecule has 2 unspecified atom stereocenters. The van der Waals surface area contributed by atoms with Crippen LogP contribution in [0.15, 0.2) is 169 Å². The molecule has 0 spiro atoms. The number of hydrogen-bond acceptors (Lipinski definition) is 5. The maximum atomic E-state index is 5.45. The molecule has 0 saturated heterocycles. The molecule has 53 heavy (non-hydrogen) atoms. The third-order valence-corrected chi connectivity index (χ3v) is 10.3. The summed E-state index contributed by atoms with van der Waals surface area (Å²) in [7, 11) is 0. The van der Waals surface area contributed by atoms with Crippen LogP contribution in [0.1, 0.15) is 18.5 Å². The van der Waals surface area contributed by atoms with Crippen LogP contribution in [0.2, 0.25) is 0 Å². The topological polar surface area (TPSA) is 63.9 Å². The van der Waals surface area contributed by atoms with Gasteiger partial charge in [-0.3, -0.25) is 4.99 Å². The van der Waals surface area contributed by atoms with Crippen molar-refractivity contribution in [3.8, 4) is 45.4 Å². The monoisotopic (exact) mass is 679 g/mol. The van der Waals surface area contributed by atoms with Crippen molar-refractivity contribution >= 4 is 38.5 Å². The summed E-state index contributed by atoms with van der Waals surface area (Å²) in [5, 5.41) is 8.29. The van der Waals surface area contributed by atoms with Crippen LogP contribution in [0.5, 0.6) is 0 Å². The van der Waals surface area contributed by atoms with Crippen molar-refractivity contribution in [2.24, 2.45) is 10.9 Å². The SMILES string of the molecule is CC1C=c2ccc(-c3ccc4ccc(-c5nc(-c6ccccc6)nc(-c6ccccc6)n5)nc4c3)cc2=NC1c1cccc2ccc3ccccc3c12. The van der Waals surface area contributed by atoms with E-state index in [0.717, 1.165) is 38.5 Å². The molecule has 7 aromatic carbocycles. The molecule has 5 nitrogen and oxygen atoms in total. The normalized spacial score (nSPS) is 15.2. The second-order valence-electron chi connectivity index (χ2n) is 13.7. The lowest BCUT2D eigenvalue weighted by molar-refractivity contribution is 0.574. The lowest BCUT2D eigenvalue weighted by Crippen LogP contribution is -2.32. The number of aromatic nitrogens is 4. The molecule has 250 valence electrons. The maximum absolute atomic E-state index is 5.45. The number of nitrogens with zero attached hydrogens (tertiary/aromatic N) is 5. The van der Waals surface area contributed by atoms with Gasteiger partial charge in [0, 0.05) is 22.4 Å². The molecule has 0 amide bonds. The first-order valence-corrected chi connectivity index (χ1v) is 18.0. The molecule has 0 radical (unpaired) electrons. The van der Waals surface area contributed by atoms with Crippen molar-refractivity contribution in [1.29, 1.82) is 0 Å². The Morgan fingerprint density at radius 3 is 1.87 bits per heavy atom. The Balaban J connectivity index is 1.06. The molecule has 0 saturated carbocycles. The van der Waals surface area contributed by atoms with Crippen LogP contribution in [0.4, 0.5) is 0 Å². The second kappa shape index (κ2) is 12.7. The summed E-state index contributed by atoms with van der Waals surface area (Å²) >= 11 is 0. The van der Waals surface area contributed by atoms with Gasteiger partial charge in [0.2, 0.25) is 0 Å². The van der Waals surface area contributed by atoms with Crippen LogP contribution in [-0.4, -0.2) is 19.9 Å². The predicted octanol–water partition coefficient (Wildman–Crippen LogP) is 10.2. The average Bonchev–Trinajstić information content (AvgIpc) is 3.23. The van der Waals surface area contributed by atoms with E-state index in [4.69, 9.17) is 24.9 Å². The second-order valence-corrected chi connectivity index (χ2v) is 13.7. The summed E-state index contributed by atoms with van der Waals surface area (Å²) in [6, 6.07) is 56.9. The molecule has 2 aromatic heterocycles. The molecule has 5 heteroatoms. The van der Waals surface area contributed by atoms with Crippen LogP contribution in [0.3, 0.4) is 0 Å². The molecular weight excluding hydrogens is 647 g/mol. The lowest BCUT2D eigenvalue weighted by atomic mass is 9.87. The molecule has 9 aromatic rings. The van der Waals surface area contributed by atoms with E-state index in [0.29, 0.717) is 23.2 Å². The first kappa shape index (κ1) is 30.9. The van der Waals surface area contributed by atoms with Crippen molar-refractivity contribution < 1.29 is 0 Å². The van der Waals surface area contributed by atoms with Gasteiger partial charge >= 0.3 is 0 Å². The zero-order valence-corrected chi connectivity index (χ0v) is 29.1. The van der Waals surface area contributed by atoms with Gasteiger partial charge in [0.05, 0.1) is 16.9 Å². The first-order valence-electron chi connectivity index (χ1n) is 18.0. The fourth-order valence-corrected chi connectivity index (χ4v) is 7.65. The van der Waals surface area contributed by atoms with E-state index >= 15 is 0 Å². The zero-order valence-electron chi connectivity index (χ0n) is 29.1. The number of pyridine rings is 1. The maximum Gasteiger partial charge on any atom is 0.182 e. The van der Waals surface area contributed by atoms with E-state index in [-0.39, 0.29) is 12.0 Å². The van der Waals surface area contributed by atoms with E-state index in [2.05, 4.69) is 110 Å². The Kier molecular flexibility index (Phi) is 7.43. The molecule has 2 atom stereocenters. The molecule has 10 rings (SSSR count). The highest BCUT2D eigenvalue weighted by atomic mass is 15.0. The number of benzene rings is 7. The zero-order chi connectivity index (χ0) is 35.3. The van der Waals surface area contributed by atoms with Crippen LogP contribution in [0, 0.1) is 5.92 Å². The van der Waals surface area contributed by atoms with E-state index < -0.39 is 0 Å². The van der Waals surface area contributed by atoms with Crippen molar-refractivity contribution in [3.05, 3.63) is 180 Å². The fraction of sp³-hybridized carbons (Fsp3) is 0.0625. The number of rotatable bonds is 5. The lowest BCUT2D eigenvalue weighted by Gasteiger charge is -2.23. The summed E-state index contributed by atoms with van der Waals surface area (Å²) in [4.78, 5) is 25.2. The third-order valence-electron chi connectivity index (χ3n) is 10.3. The van der Waals surface area contributed by atoms with Gasteiger partial charge in [0.15, 0.2) is 17.5 Å². The van der Waals surface area contributed by atoms with Gasteiger partial charge < -0.3 is 0 Å². The summed E-state index contributed by atoms with van der Waals surface area (Å²) in [6.45, 7) is 2.28. The number of hydrogen-bond donors (Lipinski definition) is 0. The molecule has 1 aliphatic heterocycles.